The molecular formula is C23H23Cl2F2N3O2. The van der Waals surface area contributed by atoms with Crippen LogP contribution in [0.25, 0.3) is 0 Å². The molecule has 1 saturated heterocycles. The molecule has 4 atom stereocenters. The van der Waals surface area contributed by atoms with Gasteiger partial charge in [-0.25, -0.2) is 13.6 Å². The average molecular weight is 482 g/mol. The maximum atomic E-state index is 15.3. The second-order valence-electron chi connectivity index (χ2n) is 9.07. The third-order valence-corrected chi connectivity index (χ3v) is 6.17. The van der Waals surface area contributed by atoms with E-state index in [0.717, 1.165) is 6.07 Å². The number of benzene rings is 2. The van der Waals surface area contributed by atoms with E-state index >= 15 is 8.78 Å². The number of amides is 1. The molecular weight excluding hydrogens is 459 g/mol. The highest BCUT2D eigenvalue weighted by Gasteiger charge is 2.60. The Kier molecular flexibility index (Phi) is 6.71. The van der Waals surface area contributed by atoms with E-state index in [1.54, 1.807) is 0 Å². The smallest absolute Gasteiger partial charge is 0.406 e. The predicted molar refractivity (Wildman–Crippen MR) is 118 cm³/mol. The zero-order chi connectivity index (χ0) is 23.8. The number of primary amides is 1. The third-order valence-electron chi connectivity index (χ3n) is 5.65. The standard InChI is InChI=1S/C23H23Cl2F2N3O2/c1-22(2,3)10-17-23(11-28,14-8-7-12(24)9-16(14)26)18(20(30-17)32-21(29)31)13-5-4-6-15(25)19(13)27/h4-9,17-18,20,30H,10H2,1-3H3,(H2,29,31)/t17-,18-,20+,23-/m0/s1. The summed E-state index contributed by atoms with van der Waals surface area (Å²) >= 11 is 12.0. The van der Waals surface area contributed by atoms with Crippen molar-refractivity contribution in [1.82, 2.24) is 5.32 Å². The quantitative estimate of drug-likeness (QED) is 0.590. The van der Waals surface area contributed by atoms with Crippen molar-refractivity contribution >= 4 is 29.3 Å². The lowest BCUT2D eigenvalue weighted by atomic mass is 9.63. The highest BCUT2D eigenvalue weighted by molar-refractivity contribution is 6.31. The SMILES string of the molecule is CC(C)(C)C[C@@H]1N[C@H](OC(N)=O)[C@H](c2cccc(Cl)c2F)[C@@]1(C#N)c1ccc(Cl)cc1F. The monoisotopic (exact) mass is 481 g/mol. The van der Waals surface area contributed by atoms with Crippen LogP contribution in [-0.2, 0) is 10.2 Å². The van der Waals surface area contributed by atoms with Gasteiger partial charge >= 0.3 is 6.09 Å². The molecule has 0 radical (unpaired) electrons. The van der Waals surface area contributed by atoms with Gasteiger partial charge in [0.05, 0.1) is 17.0 Å². The third kappa shape index (κ3) is 4.40. The number of ether oxygens (including phenoxy) is 1. The first-order valence-corrected chi connectivity index (χ1v) is 10.7. The van der Waals surface area contributed by atoms with Crippen LogP contribution in [0.2, 0.25) is 10.0 Å². The number of hydrogen-bond donors (Lipinski definition) is 2. The van der Waals surface area contributed by atoms with E-state index < -0.39 is 41.3 Å². The number of nitrogens with zero attached hydrogens (tertiary/aromatic N) is 1. The molecule has 1 amide bonds. The van der Waals surface area contributed by atoms with Gasteiger partial charge in [0.1, 0.15) is 17.0 Å². The van der Waals surface area contributed by atoms with E-state index in [0.29, 0.717) is 6.42 Å². The van der Waals surface area contributed by atoms with E-state index in [1.807, 2.05) is 20.8 Å². The summed E-state index contributed by atoms with van der Waals surface area (Å²) in [5.74, 6) is -2.67. The van der Waals surface area contributed by atoms with E-state index in [9.17, 15) is 10.1 Å². The number of halogens is 4. The van der Waals surface area contributed by atoms with Crippen molar-refractivity contribution in [1.29, 1.82) is 5.26 Å². The maximum absolute atomic E-state index is 15.3. The van der Waals surface area contributed by atoms with Crippen molar-refractivity contribution in [2.75, 3.05) is 0 Å². The minimum Gasteiger partial charge on any atom is -0.430 e. The van der Waals surface area contributed by atoms with Crippen molar-refractivity contribution in [2.24, 2.45) is 11.1 Å². The Labute approximate surface area is 195 Å². The normalized spacial score (nSPS) is 25.4. The second kappa shape index (κ2) is 8.86. The minimum absolute atomic E-state index is 0.00330. The minimum atomic E-state index is -1.67. The first-order valence-electron chi connectivity index (χ1n) is 9.93. The van der Waals surface area contributed by atoms with Gasteiger partial charge in [-0.1, -0.05) is 62.2 Å². The van der Waals surface area contributed by atoms with Crippen LogP contribution in [0, 0.1) is 28.4 Å². The van der Waals surface area contributed by atoms with Crippen LogP contribution in [0.15, 0.2) is 36.4 Å². The van der Waals surface area contributed by atoms with Gasteiger partial charge in [-0.2, -0.15) is 5.26 Å². The van der Waals surface area contributed by atoms with Gasteiger partial charge in [0, 0.05) is 16.6 Å². The van der Waals surface area contributed by atoms with Crippen LogP contribution in [0.1, 0.15) is 44.2 Å². The molecule has 0 bridgehead atoms. The lowest BCUT2D eigenvalue weighted by Crippen LogP contribution is -2.44. The molecule has 0 spiro atoms. The molecule has 1 aliphatic heterocycles. The number of rotatable bonds is 4. The van der Waals surface area contributed by atoms with Crippen LogP contribution in [-0.4, -0.2) is 18.4 Å². The maximum Gasteiger partial charge on any atom is 0.406 e. The summed E-state index contributed by atoms with van der Waals surface area (Å²) < 4.78 is 35.8. The molecule has 1 fully saturated rings. The molecule has 32 heavy (non-hydrogen) atoms. The Balaban J connectivity index is 2.36. The lowest BCUT2D eigenvalue weighted by Gasteiger charge is -2.37. The molecule has 3 rings (SSSR count). The summed E-state index contributed by atoms with van der Waals surface area (Å²) in [7, 11) is 0. The van der Waals surface area contributed by atoms with Crippen molar-refractivity contribution in [3.8, 4) is 6.07 Å². The van der Waals surface area contributed by atoms with Crippen molar-refractivity contribution in [3.05, 3.63) is 69.2 Å². The highest BCUT2D eigenvalue weighted by Crippen LogP contribution is 2.52. The number of hydrogen-bond acceptors (Lipinski definition) is 4. The van der Waals surface area contributed by atoms with Gasteiger partial charge in [-0.15, -0.1) is 0 Å². The summed E-state index contributed by atoms with van der Waals surface area (Å²) in [6, 6.07) is 9.77. The van der Waals surface area contributed by atoms with E-state index in [1.165, 1.54) is 30.3 Å². The Bertz CT molecular complexity index is 1080. The Hall–Kier alpha value is -2.40. The number of nitrogens with one attached hydrogen (secondary N) is 1. The molecule has 5 nitrogen and oxygen atoms in total. The number of carbonyl (C=O) groups excluding carboxylic acids is 1. The lowest BCUT2D eigenvalue weighted by molar-refractivity contribution is 0.0814. The van der Waals surface area contributed by atoms with Crippen molar-refractivity contribution in [2.45, 2.75) is 50.8 Å². The predicted octanol–water partition coefficient (Wildman–Crippen LogP) is 5.65. The van der Waals surface area contributed by atoms with Gasteiger partial charge in [-0.05, 0) is 35.6 Å². The molecule has 0 aliphatic carbocycles. The van der Waals surface area contributed by atoms with Crippen LogP contribution in [0.5, 0.6) is 0 Å². The van der Waals surface area contributed by atoms with E-state index in [4.69, 9.17) is 33.7 Å². The molecule has 9 heteroatoms. The number of carbonyl (C=O) groups is 1. The van der Waals surface area contributed by atoms with Crippen LogP contribution < -0.4 is 11.1 Å². The fourth-order valence-corrected chi connectivity index (χ4v) is 4.84. The van der Waals surface area contributed by atoms with Gasteiger partial charge in [-0.3, -0.25) is 5.32 Å². The highest BCUT2D eigenvalue weighted by atomic mass is 35.5. The van der Waals surface area contributed by atoms with Gasteiger partial charge < -0.3 is 10.5 Å². The zero-order valence-electron chi connectivity index (χ0n) is 17.8. The summed E-state index contributed by atoms with van der Waals surface area (Å²) in [5.41, 5.74) is 3.29. The first kappa shape index (κ1) is 24.2. The van der Waals surface area contributed by atoms with Gasteiger partial charge in [0.15, 0.2) is 6.23 Å². The molecule has 0 aromatic heterocycles. The summed E-state index contributed by atoms with van der Waals surface area (Å²) in [6.45, 7) is 5.85. The molecule has 2 aromatic rings. The van der Waals surface area contributed by atoms with Crippen LogP contribution >= 0.6 is 23.2 Å². The molecule has 170 valence electrons. The van der Waals surface area contributed by atoms with Crippen molar-refractivity contribution in [3.63, 3.8) is 0 Å². The Morgan fingerprint density at radius 1 is 1.28 bits per heavy atom. The number of nitriles is 1. The van der Waals surface area contributed by atoms with Gasteiger partial charge in [0.2, 0.25) is 0 Å². The second-order valence-corrected chi connectivity index (χ2v) is 9.91. The molecule has 1 heterocycles. The summed E-state index contributed by atoms with van der Waals surface area (Å²) in [4.78, 5) is 11.7. The molecule has 0 unspecified atom stereocenters. The molecule has 2 aromatic carbocycles. The summed E-state index contributed by atoms with van der Waals surface area (Å²) in [6.07, 6.45) is -1.95. The molecule has 3 N–H and O–H groups in total. The van der Waals surface area contributed by atoms with Crippen LogP contribution in [0.3, 0.4) is 0 Å². The average Bonchev–Trinajstić information content (AvgIpc) is 2.95. The van der Waals surface area contributed by atoms with Crippen LogP contribution in [0.4, 0.5) is 13.6 Å². The molecule has 1 aliphatic rings. The number of nitrogens with two attached hydrogens (primary N) is 1. The topological polar surface area (TPSA) is 88.1 Å². The zero-order valence-corrected chi connectivity index (χ0v) is 19.3. The van der Waals surface area contributed by atoms with E-state index in [-0.39, 0.29) is 26.6 Å². The Morgan fingerprint density at radius 2 is 1.97 bits per heavy atom. The van der Waals surface area contributed by atoms with E-state index in [2.05, 4.69) is 11.4 Å². The first-order chi connectivity index (χ1) is 14.9. The van der Waals surface area contributed by atoms with Gasteiger partial charge in [0.25, 0.3) is 0 Å². The Morgan fingerprint density at radius 3 is 2.53 bits per heavy atom. The van der Waals surface area contributed by atoms with Crippen molar-refractivity contribution < 1.29 is 18.3 Å². The molecule has 0 saturated carbocycles. The fraction of sp³-hybridized carbons (Fsp3) is 0.391. The fourth-order valence-electron chi connectivity index (χ4n) is 4.50. The largest absolute Gasteiger partial charge is 0.430 e. The summed E-state index contributed by atoms with van der Waals surface area (Å²) in [5, 5.41) is 13.6.